The van der Waals surface area contributed by atoms with Crippen molar-refractivity contribution in [2.45, 2.75) is 32.0 Å². The van der Waals surface area contributed by atoms with Gasteiger partial charge in [-0.25, -0.2) is 9.37 Å². The second kappa shape index (κ2) is 5.99. The van der Waals surface area contributed by atoms with E-state index in [0.29, 0.717) is 0 Å². The maximum atomic E-state index is 13.7. The second-order valence-corrected chi connectivity index (χ2v) is 3.62. The molecule has 0 radical (unpaired) electrons. The van der Waals surface area contributed by atoms with Crippen LogP contribution in [0.15, 0.2) is 12.3 Å². The lowest BCUT2D eigenvalue weighted by molar-refractivity contribution is -0.140. The van der Waals surface area contributed by atoms with Crippen LogP contribution in [0.5, 0.6) is 5.88 Å². The summed E-state index contributed by atoms with van der Waals surface area (Å²) < 4.78 is 54.5. The topological polar surface area (TPSA) is 42.4 Å². The van der Waals surface area contributed by atoms with Gasteiger partial charge in [0.05, 0.1) is 12.7 Å². The Hall–Kier alpha value is -1.37. The molecule has 1 rings (SSSR count). The summed E-state index contributed by atoms with van der Waals surface area (Å²) in [4.78, 5) is 3.59. The van der Waals surface area contributed by atoms with Gasteiger partial charge in [0.1, 0.15) is 0 Å². The monoisotopic (exact) mass is 267 g/mol. The van der Waals surface area contributed by atoms with Gasteiger partial charge in [0.2, 0.25) is 0 Å². The quantitative estimate of drug-likeness (QED) is 0.834. The van der Waals surface area contributed by atoms with Gasteiger partial charge in [-0.1, -0.05) is 0 Å². The van der Waals surface area contributed by atoms with Crippen molar-refractivity contribution in [3.8, 4) is 5.88 Å². The molecule has 1 unspecified atom stereocenters. The van der Waals surface area contributed by atoms with E-state index >= 15 is 0 Å². The molecule has 1 heterocycles. The number of ether oxygens (including phenoxy) is 1. The van der Waals surface area contributed by atoms with Crippen LogP contribution in [0.4, 0.5) is 17.6 Å². The summed E-state index contributed by atoms with van der Waals surface area (Å²) in [6.07, 6.45) is -6.52. The smallest absolute Gasteiger partial charge is 0.389 e. The van der Waals surface area contributed by atoms with Crippen LogP contribution in [0.25, 0.3) is 0 Å². The zero-order valence-corrected chi connectivity index (χ0v) is 9.67. The summed E-state index contributed by atoms with van der Waals surface area (Å²) in [7, 11) is 0. The molecule has 0 saturated carbocycles. The Kier molecular flexibility index (Phi) is 4.89. The molecule has 0 aliphatic carbocycles. The number of halogens is 4. The van der Waals surface area contributed by atoms with Crippen LogP contribution in [-0.2, 0) is 0 Å². The largest absolute Gasteiger partial charge is 0.476 e. The van der Waals surface area contributed by atoms with E-state index in [1.165, 1.54) is 6.20 Å². The van der Waals surface area contributed by atoms with E-state index in [4.69, 9.17) is 4.74 Å². The minimum absolute atomic E-state index is 0.173. The van der Waals surface area contributed by atoms with E-state index < -0.39 is 30.9 Å². The first-order valence-corrected chi connectivity index (χ1v) is 5.37. The van der Waals surface area contributed by atoms with Crippen LogP contribution in [0.2, 0.25) is 0 Å². The third kappa shape index (κ3) is 4.14. The van der Waals surface area contributed by atoms with E-state index in [1.54, 1.807) is 6.92 Å². The van der Waals surface area contributed by atoms with E-state index in [0.717, 1.165) is 6.07 Å². The molecular weight excluding hydrogens is 254 g/mol. The van der Waals surface area contributed by atoms with Crippen LogP contribution < -0.4 is 4.74 Å². The molecule has 0 bridgehead atoms. The van der Waals surface area contributed by atoms with Crippen LogP contribution in [0.1, 0.15) is 31.4 Å². The predicted molar refractivity (Wildman–Crippen MR) is 55.6 cm³/mol. The summed E-state index contributed by atoms with van der Waals surface area (Å²) in [5, 5.41) is 9.53. The molecule has 1 aromatic heterocycles. The van der Waals surface area contributed by atoms with Crippen molar-refractivity contribution in [3.63, 3.8) is 0 Å². The van der Waals surface area contributed by atoms with Crippen LogP contribution >= 0.6 is 0 Å². The predicted octanol–water partition coefficient (Wildman–Crippen LogP) is 3.00. The van der Waals surface area contributed by atoms with E-state index in [-0.39, 0.29) is 18.1 Å². The zero-order valence-electron chi connectivity index (χ0n) is 9.67. The molecule has 3 nitrogen and oxygen atoms in total. The van der Waals surface area contributed by atoms with E-state index in [1.807, 2.05) is 0 Å². The second-order valence-electron chi connectivity index (χ2n) is 3.62. The minimum atomic E-state index is -4.38. The van der Waals surface area contributed by atoms with Gasteiger partial charge in [0, 0.05) is 18.2 Å². The molecular formula is C11H13F4NO2. The van der Waals surface area contributed by atoms with E-state index in [2.05, 4.69) is 4.98 Å². The van der Waals surface area contributed by atoms with Crippen LogP contribution in [-0.4, -0.2) is 22.9 Å². The molecule has 1 N–H and O–H groups in total. The Labute approximate surface area is 101 Å². The van der Waals surface area contributed by atoms with Gasteiger partial charge in [-0.05, 0) is 19.4 Å². The number of aromatic nitrogens is 1. The summed E-state index contributed by atoms with van der Waals surface area (Å²) >= 11 is 0. The van der Waals surface area contributed by atoms with Crippen molar-refractivity contribution in [1.82, 2.24) is 4.98 Å². The summed E-state index contributed by atoms with van der Waals surface area (Å²) in [5.74, 6) is -1.24. The number of aliphatic hydroxyl groups is 1. The lowest BCUT2D eigenvalue weighted by atomic mass is 10.1. The maximum absolute atomic E-state index is 13.7. The highest BCUT2D eigenvalue weighted by atomic mass is 19.4. The third-order valence-corrected chi connectivity index (χ3v) is 2.23. The van der Waals surface area contributed by atoms with Gasteiger partial charge >= 0.3 is 6.18 Å². The lowest BCUT2D eigenvalue weighted by Crippen LogP contribution is -2.11. The number of rotatable bonds is 5. The average molecular weight is 267 g/mol. The highest BCUT2D eigenvalue weighted by Crippen LogP contribution is 2.30. The molecule has 0 aromatic carbocycles. The average Bonchev–Trinajstić information content (AvgIpc) is 2.28. The summed E-state index contributed by atoms with van der Waals surface area (Å²) in [6, 6.07) is 1.14. The molecule has 0 amide bonds. The van der Waals surface area contributed by atoms with Gasteiger partial charge in [0.25, 0.3) is 5.88 Å². The Morgan fingerprint density at radius 3 is 2.67 bits per heavy atom. The molecule has 102 valence electrons. The fourth-order valence-electron chi connectivity index (χ4n) is 1.39. The van der Waals surface area contributed by atoms with Crippen molar-refractivity contribution in [1.29, 1.82) is 0 Å². The Morgan fingerprint density at radius 2 is 2.11 bits per heavy atom. The number of nitrogens with zero attached hydrogens (tertiary/aromatic N) is 1. The van der Waals surface area contributed by atoms with E-state index in [9.17, 15) is 22.7 Å². The highest BCUT2D eigenvalue weighted by Gasteiger charge is 2.29. The molecule has 7 heteroatoms. The van der Waals surface area contributed by atoms with Gasteiger partial charge in [-0.3, -0.25) is 0 Å². The molecule has 0 fully saturated rings. The fraction of sp³-hybridized carbons (Fsp3) is 0.545. The molecule has 18 heavy (non-hydrogen) atoms. The molecule has 0 aliphatic rings. The number of alkyl halides is 3. The molecule has 0 saturated heterocycles. The molecule has 0 spiro atoms. The van der Waals surface area contributed by atoms with Gasteiger partial charge in [0.15, 0.2) is 5.82 Å². The molecule has 1 atom stereocenters. The first-order chi connectivity index (χ1) is 8.35. The Bertz CT molecular complexity index is 395. The highest BCUT2D eigenvalue weighted by molar-refractivity contribution is 5.25. The Morgan fingerprint density at radius 1 is 1.44 bits per heavy atom. The third-order valence-electron chi connectivity index (χ3n) is 2.23. The SMILES string of the molecule is CCOc1nccc(C(O)CCC(F)(F)F)c1F. The lowest BCUT2D eigenvalue weighted by Gasteiger charge is -2.14. The summed E-state index contributed by atoms with van der Waals surface area (Å²) in [5.41, 5.74) is -0.238. The number of hydrogen-bond donors (Lipinski definition) is 1. The van der Waals surface area contributed by atoms with Crippen molar-refractivity contribution in [2.24, 2.45) is 0 Å². The van der Waals surface area contributed by atoms with Crippen molar-refractivity contribution < 1.29 is 27.4 Å². The molecule has 1 aromatic rings. The van der Waals surface area contributed by atoms with Crippen molar-refractivity contribution in [2.75, 3.05) is 6.61 Å². The van der Waals surface area contributed by atoms with Crippen LogP contribution in [0.3, 0.4) is 0 Å². The maximum Gasteiger partial charge on any atom is 0.389 e. The summed E-state index contributed by atoms with van der Waals surface area (Å²) in [6.45, 7) is 1.79. The molecule has 0 aliphatic heterocycles. The fourth-order valence-corrected chi connectivity index (χ4v) is 1.39. The number of pyridine rings is 1. The first kappa shape index (κ1) is 14.7. The van der Waals surface area contributed by atoms with Crippen molar-refractivity contribution >= 4 is 0 Å². The van der Waals surface area contributed by atoms with Gasteiger partial charge in [-0.2, -0.15) is 13.2 Å². The van der Waals surface area contributed by atoms with Gasteiger partial charge in [-0.15, -0.1) is 0 Å². The first-order valence-electron chi connectivity index (χ1n) is 5.37. The zero-order chi connectivity index (χ0) is 13.8. The van der Waals surface area contributed by atoms with Crippen molar-refractivity contribution in [3.05, 3.63) is 23.6 Å². The standard InChI is InChI=1S/C11H13F4NO2/c1-2-18-10-9(12)7(4-6-16-10)8(17)3-5-11(13,14)15/h4,6,8,17H,2-3,5H2,1H3. The normalized spacial score (nSPS) is 13.4. The number of hydrogen-bond acceptors (Lipinski definition) is 3. The minimum Gasteiger partial charge on any atom is -0.476 e. The Balaban J connectivity index is 2.79. The number of aliphatic hydroxyl groups excluding tert-OH is 1. The van der Waals surface area contributed by atoms with Gasteiger partial charge < -0.3 is 9.84 Å². The van der Waals surface area contributed by atoms with Crippen LogP contribution in [0, 0.1) is 5.82 Å².